The first-order chi connectivity index (χ1) is 11.8. The van der Waals surface area contributed by atoms with Crippen molar-refractivity contribution in [1.82, 2.24) is 20.0 Å². The number of carbonyl (C=O) groups is 1. The van der Waals surface area contributed by atoms with Crippen LogP contribution in [0.4, 0.5) is 0 Å². The first-order valence-corrected chi connectivity index (χ1v) is 7.96. The third-order valence-electron chi connectivity index (χ3n) is 4.08. The molecule has 4 rings (SSSR count). The molecular formula is C18H18N4O2. The predicted molar refractivity (Wildman–Crippen MR) is 90.1 cm³/mol. The number of hydrogen-bond donors (Lipinski definition) is 2. The Morgan fingerprint density at radius 1 is 1.29 bits per heavy atom. The number of imidazole rings is 1. The topological polar surface area (TPSA) is 67.7 Å². The minimum Gasteiger partial charge on any atom is -0.487 e. The lowest BCUT2D eigenvalue weighted by Crippen LogP contribution is -2.50. The first kappa shape index (κ1) is 14.7. The lowest BCUT2D eigenvalue weighted by molar-refractivity contribution is 0.0936. The number of ether oxygens (including phenoxy) is 1. The molecule has 0 saturated carbocycles. The van der Waals surface area contributed by atoms with E-state index in [1.54, 1.807) is 12.3 Å². The highest BCUT2D eigenvalue weighted by molar-refractivity contribution is 5.96. The second-order valence-corrected chi connectivity index (χ2v) is 5.80. The van der Waals surface area contributed by atoms with Crippen LogP contribution in [0.15, 0.2) is 55.0 Å². The molecule has 0 unspecified atom stereocenters. The van der Waals surface area contributed by atoms with Crippen LogP contribution in [0.5, 0.6) is 5.75 Å². The normalized spacial score (nSPS) is 14.3. The van der Waals surface area contributed by atoms with Gasteiger partial charge in [0.25, 0.3) is 5.91 Å². The second-order valence-electron chi connectivity index (χ2n) is 5.80. The summed E-state index contributed by atoms with van der Waals surface area (Å²) in [5, 5.41) is 6.11. The van der Waals surface area contributed by atoms with Gasteiger partial charge in [-0.1, -0.05) is 12.1 Å². The van der Waals surface area contributed by atoms with E-state index in [-0.39, 0.29) is 12.0 Å². The summed E-state index contributed by atoms with van der Waals surface area (Å²) in [6.07, 6.45) is 5.72. The third-order valence-corrected chi connectivity index (χ3v) is 4.08. The summed E-state index contributed by atoms with van der Waals surface area (Å²) in [6.45, 7) is 2.09. The number of hydrogen-bond acceptors (Lipinski definition) is 4. The van der Waals surface area contributed by atoms with Crippen LogP contribution in [0.3, 0.4) is 0 Å². The van der Waals surface area contributed by atoms with E-state index >= 15 is 0 Å². The Kier molecular flexibility index (Phi) is 3.88. The number of carbonyl (C=O) groups excluding carboxylic acids is 1. The summed E-state index contributed by atoms with van der Waals surface area (Å²) in [5.74, 6) is 0.492. The smallest absolute Gasteiger partial charge is 0.255 e. The van der Waals surface area contributed by atoms with Crippen molar-refractivity contribution >= 4 is 11.6 Å². The van der Waals surface area contributed by atoms with Crippen LogP contribution in [0.2, 0.25) is 0 Å². The minimum absolute atomic E-state index is 0.138. The van der Waals surface area contributed by atoms with Gasteiger partial charge in [0.15, 0.2) is 0 Å². The zero-order valence-electron chi connectivity index (χ0n) is 13.1. The Balaban J connectivity index is 1.45. The van der Waals surface area contributed by atoms with Gasteiger partial charge in [0.1, 0.15) is 17.5 Å². The van der Waals surface area contributed by atoms with Crippen molar-refractivity contribution in [2.24, 2.45) is 0 Å². The van der Waals surface area contributed by atoms with Crippen LogP contribution in [-0.4, -0.2) is 34.5 Å². The van der Waals surface area contributed by atoms with Crippen molar-refractivity contribution in [1.29, 1.82) is 0 Å². The van der Waals surface area contributed by atoms with Gasteiger partial charge in [0.05, 0.1) is 5.56 Å². The molecular weight excluding hydrogens is 304 g/mol. The zero-order chi connectivity index (χ0) is 16.4. The number of pyridine rings is 1. The van der Waals surface area contributed by atoms with Crippen LogP contribution in [-0.2, 0) is 6.54 Å². The van der Waals surface area contributed by atoms with E-state index in [0.717, 1.165) is 24.3 Å². The summed E-state index contributed by atoms with van der Waals surface area (Å²) >= 11 is 0. The summed E-state index contributed by atoms with van der Waals surface area (Å²) in [7, 11) is 0. The monoisotopic (exact) mass is 322 g/mol. The average Bonchev–Trinajstić information content (AvgIpc) is 3.04. The molecule has 1 amide bonds. The molecule has 2 N–H and O–H groups in total. The summed E-state index contributed by atoms with van der Waals surface area (Å²) < 4.78 is 7.80. The summed E-state index contributed by atoms with van der Waals surface area (Å²) in [4.78, 5) is 16.8. The van der Waals surface area contributed by atoms with Crippen molar-refractivity contribution in [3.05, 3.63) is 66.1 Å². The Bertz CT molecular complexity index is 870. The van der Waals surface area contributed by atoms with Gasteiger partial charge >= 0.3 is 0 Å². The quantitative estimate of drug-likeness (QED) is 0.749. The van der Waals surface area contributed by atoms with Crippen LogP contribution in [0.1, 0.15) is 15.9 Å². The van der Waals surface area contributed by atoms with Gasteiger partial charge in [-0.05, 0) is 29.8 Å². The van der Waals surface area contributed by atoms with Crippen molar-refractivity contribution < 1.29 is 9.53 Å². The van der Waals surface area contributed by atoms with Gasteiger partial charge in [0, 0.05) is 38.2 Å². The maximum Gasteiger partial charge on any atom is 0.255 e. The van der Waals surface area contributed by atoms with Crippen molar-refractivity contribution in [3.8, 4) is 5.75 Å². The van der Waals surface area contributed by atoms with Gasteiger partial charge in [-0.2, -0.15) is 0 Å². The highest BCUT2D eigenvalue weighted by atomic mass is 16.5. The lowest BCUT2D eigenvalue weighted by atomic mass is 10.1. The molecule has 122 valence electrons. The second kappa shape index (κ2) is 6.33. The van der Waals surface area contributed by atoms with Gasteiger partial charge in [-0.25, -0.2) is 4.98 Å². The average molecular weight is 322 g/mol. The fourth-order valence-electron chi connectivity index (χ4n) is 2.62. The number of amides is 1. The fraction of sp³-hybridized carbons (Fsp3) is 0.222. The van der Waals surface area contributed by atoms with E-state index in [2.05, 4.69) is 15.6 Å². The van der Waals surface area contributed by atoms with E-state index in [1.165, 1.54) is 0 Å². The van der Waals surface area contributed by atoms with E-state index in [0.29, 0.717) is 17.9 Å². The Hall–Kier alpha value is -2.86. The Labute approximate surface area is 139 Å². The number of fused-ring (bicyclic) bond motifs is 1. The number of nitrogens with zero attached hydrogens (tertiary/aromatic N) is 2. The Morgan fingerprint density at radius 2 is 2.17 bits per heavy atom. The van der Waals surface area contributed by atoms with E-state index in [9.17, 15) is 4.79 Å². The number of benzene rings is 1. The molecule has 1 aliphatic heterocycles. The predicted octanol–water partition coefficient (Wildman–Crippen LogP) is 1.61. The van der Waals surface area contributed by atoms with Gasteiger partial charge in [-0.15, -0.1) is 0 Å². The molecule has 2 aromatic heterocycles. The molecule has 24 heavy (non-hydrogen) atoms. The zero-order valence-corrected chi connectivity index (χ0v) is 13.1. The molecule has 0 bridgehead atoms. The maximum atomic E-state index is 12.5. The molecule has 3 heterocycles. The molecule has 0 aliphatic carbocycles. The number of nitrogens with one attached hydrogen (secondary N) is 2. The van der Waals surface area contributed by atoms with Gasteiger partial charge in [-0.3, -0.25) is 4.79 Å². The van der Waals surface area contributed by atoms with E-state index in [1.807, 2.05) is 47.1 Å². The minimum atomic E-state index is -0.138. The Morgan fingerprint density at radius 3 is 3.00 bits per heavy atom. The van der Waals surface area contributed by atoms with Gasteiger partial charge < -0.3 is 19.8 Å². The third kappa shape index (κ3) is 2.96. The molecule has 0 atom stereocenters. The number of rotatable bonds is 5. The lowest BCUT2D eigenvalue weighted by Gasteiger charge is -2.28. The fourth-order valence-corrected chi connectivity index (χ4v) is 2.62. The van der Waals surface area contributed by atoms with Crippen molar-refractivity contribution in [3.63, 3.8) is 0 Å². The van der Waals surface area contributed by atoms with Crippen LogP contribution in [0, 0.1) is 0 Å². The molecule has 3 aromatic rings. The number of aromatic nitrogens is 2. The largest absolute Gasteiger partial charge is 0.487 e. The molecule has 6 nitrogen and oxygen atoms in total. The summed E-state index contributed by atoms with van der Waals surface area (Å²) in [5.41, 5.74) is 2.43. The van der Waals surface area contributed by atoms with Crippen LogP contribution in [0.25, 0.3) is 5.65 Å². The van der Waals surface area contributed by atoms with Crippen molar-refractivity contribution in [2.75, 3.05) is 13.1 Å². The van der Waals surface area contributed by atoms with E-state index < -0.39 is 0 Å². The van der Waals surface area contributed by atoms with Gasteiger partial charge in [0.2, 0.25) is 0 Å². The van der Waals surface area contributed by atoms with E-state index in [4.69, 9.17) is 4.74 Å². The highest BCUT2D eigenvalue weighted by Gasteiger charge is 2.21. The highest BCUT2D eigenvalue weighted by Crippen LogP contribution is 2.20. The standard InChI is InChI=1S/C18H18N4O2/c23-18(15-3-1-2-4-16(15)24-14-11-19-12-14)21-10-13-5-7-22-8-6-20-17(22)9-13/h1-9,14,19H,10-12H2,(H,21,23). The summed E-state index contributed by atoms with van der Waals surface area (Å²) in [6, 6.07) is 11.3. The maximum absolute atomic E-state index is 12.5. The first-order valence-electron chi connectivity index (χ1n) is 7.96. The SMILES string of the molecule is O=C(NCc1ccn2ccnc2c1)c1ccccc1OC1CNC1. The van der Waals surface area contributed by atoms with Crippen LogP contribution >= 0.6 is 0 Å². The molecule has 1 fully saturated rings. The molecule has 6 heteroatoms. The molecule has 1 saturated heterocycles. The van der Waals surface area contributed by atoms with Crippen LogP contribution < -0.4 is 15.4 Å². The molecule has 0 radical (unpaired) electrons. The molecule has 0 spiro atoms. The number of para-hydroxylation sites is 1. The molecule has 1 aromatic carbocycles. The molecule has 1 aliphatic rings. The van der Waals surface area contributed by atoms with Crippen molar-refractivity contribution in [2.45, 2.75) is 12.6 Å².